The summed E-state index contributed by atoms with van der Waals surface area (Å²) in [4.78, 5) is 4.40. The summed E-state index contributed by atoms with van der Waals surface area (Å²) in [6.45, 7) is 3.81. The third-order valence-electron chi connectivity index (χ3n) is 3.81. The molecule has 0 spiro atoms. The third-order valence-corrected chi connectivity index (χ3v) is 3.81. The van der Waals surface area contributed by atoms with Gasteiger partial charge in [-0.25, -0.2) is 0 Å². The number of fused-ring (bicyclic) bond motifs is 1. The summed E-state index contributed by atoms with van der Waals surface area (Å²) in [5, 5.41) is 4.35. The van der Waals surface area contributed by atoms with Crippen LogP contribution in [0.1, 0.15) is 11.3 Å². The molecule has 0 radical (unpaired) electrons. The van der Waals surface area contributed by atoms with Gasteiger partial charge < -0.3 is 9.73 Å². The van der Waals surface area contributed by atoms with E-state index in [1.165, 1.54) is 16.7 Å². The zero-order valence-corrected chi connectivity index (χ0v) is 11.9. The van der Waals surface area contributed by atoms with Gasteiger partial charge >= 0.3 is 0 Å². The van der Waals surface area contributed by atoms with Crippen LogP contribution >= 0.6 is 0 Å². The SMILES string of the molecule is Cc1ccc(-c2ccc3oc(C4=NCCN4)cc3c2)cc1. The topological polar surface area (TPSA) is 37.5 Å². The molecule has 0 saturated carbocycles. The fraction of sp³-hybridized carbons (Fsp3) is 0.167. The number of hydrogen-bond donors (Lipinski definition) is 1. The molecule has 0 bridgehead atoms. The summed E-state index contributed by atoms with van der Waals surface area (Å²) in [6, 6.07) is 16.9. The largest absolute Gasteiger partial charge is 0.453 e. The van der Waals surface area contributed by atoms with Gasteiger partial charge in [-0.3, -0.25) is 4.99 Å². The Kier molecular flexibility index (Phi) is 2.78. The van der Waals surface area contributed by atoms with Crippen molar-refractivity contribution in [3.8, 4) is 11.1 Å². The average molecular weight is 276 g/mol. The first-order valence-corrected chi connectivity index (χ1v) is 7.19. The highest BCUT2D eigenvalue weighted by Crippen LogP contribution is 2.27. The molecule has 1 aromatic heterocycles. The zero-order valence-electron chi connectivity index (χ0n) is 11.9. The number of aryl methyl sites for hydroxylation is 1. The summed E-state index contributed by atoms with van der Waals surface area (Å²) < 4.78 is 5.87. The molecule has 2 heterocycles. The number of aliphatic imine (C=N–C) groups is 1. The second-order valence-corrected chi connectivity index (χ2v) is 5.39. The van der Waals surface area contributed by atoms with Crippen LogP contribution in [0.2, 0.25) is 0 Å². The number of rotatable bonds is 2. The fourth-order valence-electron chi connectivity index (χ4n) is 2.65. The van der Waals surface area contributed by atoms with Crippen molar-refractivity contribution in [1.29, 1.82) is 0 Å². The van der Waals surface area contributed by atoms with Gasteiger partial charge in [0.25, 0.3) is 0 Å². The van der Waals surface area contributed by atoms with E-state index in [-0.39, 0.29) is 0 Å². The maximum absolute atomic E-state index is 5.87. The van der Waals surface area contributed by atoms with Crippen LogP contribution in [-0.2, 0) is 0 Å². The quantitative estimate of drug-likeness (QED) is 0.774. The predicted molar refractivity (Wildman–Crippen MR) is 85.8 cm³/mol. The molecule has 0 aliphatic carbocycles. The smallest absolute Gasteiger partial charge is 0.170 e. The monoisotopic (exact) mass is 276 g/mol. The minimum absolute atomic E-state index is 0.820. The van der Waals surface area contributed by atoms with Gasteiger partial charge in [-0.2, -0.15) is 0 Å². The van der Waals surface area contributed by atoms with Crippen LogP contribution in [0.5, 0.6) is 0 Å². The number of nitrogens with one attached hydrogen (secondary N) is 1. The molecule has 0 atom stereocenters. The van der Waals surface area contributed by atoms with Crippen LogP contribution in [0, 0.1) is 6.92 Å². The normalized spacial score (nSPS) is 14.2. The zero-order chi connectivity index (χ0) is 14.2. The van der Waals surface area contributed by atoms with Gasteiger partial charge in [-0.1, -0.05) is 35.9 Å². The Morgan fingerprint density at radius 1 is 1.00 bits per heavy atom. The van der Waals surface area contributed by atoms with Crippen molar-refractivity contribution < 1.29 is 4.42 Å². The highest BCUT2D eigenvalue weighted by Gasteiger charge is 2.13. The maximum atomic E-state index is 5.87. The summed E-state index contributed by atoms with van der Waals surface area (Å²) in [6.07, 6.45) is 0. The predicted octanol–water partition coefficient (Wildman–Crippen LogP) is 3.76. The van der Waals surface area contributed by atoms with Crippen molar-refractivity contribution >= 4 is 16.8 Å². The highest BCUT2D eigenvalue weighted by atomic mass is 16.3. The van der Waals surface area contributed by atoms with Gasteiger partial charge in [-0.15, -0.1) is 0 Å². The number of amidine groups is 1. The standard InChI is InChI=1S/C18H16N2O/c1-12-2-4-13(5-3-12)14-6-7-16-15(10-14)11-17(21-16)18-19-8-9-20-18/h2-7,10-11H,8-9H2,1H3,(H,19,20). The van der Waals surface area contributed by atoms with Crippen LogP contribution in [0.3, 0.4) is 0 Å². The Morgan fingerprint density at radius 3 is 2.57 bits per heavy atom. The van der Waals surface area contributed by atoms with E-state index in [0.29, 0.717) is 0 Å². The molecular weight excluding hydrogens is 260 g/mol. The fourth-order valence-corrected chi connectivity index (χ4v) is 2.65. The van der Waals surface area contributed by atoms with Gasteiger partial charge in [0.1, 0.15) is 5.58 Å². The molecule has 0 saturated heterocycles. The Labute approximate surface area is 123 Å². The second-order valence-electron chi connectivity index (χ2n) is 5.39. The number of nitrogens with zero attached hydrogens (tertiary/aromatic N) is 1. The lowest BCUT2D eigenvalue weighted by Crippen LogP contribution is -2.18. The van der Waals surface area contributed by atoms with E-state index >= 15 is 0 Å². The van der Waals surface area contributed by atoms with Gasteiger partial charge in [0.2, 0.25) is 0 Å². The Balaban J connectivity index is 1.77. The molecule has 3 aromatic rings. The average Bonchev–Trinajstić information content (AvgIpc) is 3.16. The summed E-state index contributed by atoms with van der Waals surface area (Å²) in [5.41, 5.74) is 4.60. The molecule has 21 heavy (non-hydrogen) atoms. The summed E-state index contributed by atoms with van der Waals surface area (Å²) in [7, 11) is 0. The van der Waals surface area contributed by atoms with Crippen molar-refractivity contribution in [3.05, 3.63) is 59.9 Å². The van der Waals surface area contributed by atoms with E-state index in [4.69, 9.17) is 4.42 Å². The van der Waals surface area contributed by atoms with Gasteiger partial charge in [0.15, 0.2) is 11.6 Å². The lowest BCUT2D eigenvalue weighted by atomic mass is 10.0. The Bertz CT molecular complexity index is 828. The molecule has 1 N–H and O–H groups in total. The molecule has 3 nitrogen and oxygen atoms in total. The molecule has 104 valence electrons. The van der Waals surface area contributed by atoms with Gasteiger partial charge in [0, 0.05) is 11.9 Å². The van der Waals surface area contributed by atoms with E-state index in [9.17, 15) is 0 Å². The minimum Gasteiger partial charge on any atom is -0.453 e. The molecule has 3 heteroatoms. The van der Waals surface area contributed by atoms with Gasteiger partial charge in [-0.05, 0) is 36.2 Å². The highest BCUT2D eigenvalue weighted by molar-refractivity contribution is 6.01. The van der Waals surface area contributed by atoms with E-state index < -0.39 is 0 Å². The molecule has 2 aromatic carbocycles. The number of hydrogen-bond acceptors (Lipinski definition) is 3. The van der Waals surface area contributed by atoms with Crippen molar-refractivity contribution in [3.63, 3.8) is 0 Å². The summed E-state index contributed by atoms with van der Waals surface area (Å²) >= 11 is 0. The third kappa shape index (κ3) is 2.21. The lowest BCUT2D eigenvalue weighted by molar-refractivity contribution is 0.602. The lowest BCUT2D eigenvalue weighted by Gasteiger charge is -2.02. The maximum Gasteiger partial charge on any atom is 0.170 e. The van der Waals surface area contributed by atoms with Gasteiger partial charge in [0.05, 0.1) is 6.54 Å². The van der Waals surface area contributed by atoms with Crippen LogP contribution in [0.25, 0.3) is 22.1 Å². The van der Waals surface area contributed by atoms with Crippen LogP contribution in [0.4, 0.5) is 0 Å². The molecular formula is C18H16N2O. The van der Waals surface area contributed by atoms with E-state index in [1.807, 2.05) is 6.07 Å². The molecule has 0 amide bonds. The molecule has 4 rings (SSSR count). The molecule has 0 fully saturated rings. The van der Waals surface area contributed by atoms with Crippen molar-refractivity contribution in [2.75, 3.05) is 13.1 Å². The first kappa shape index (κ1) is 12.2. The Hall–Kier alpha value is -2.55. The minimum atomic E-state index is 0.820. The van der Waals surface area contributed by atoms with E-state index in [1.54, 1.807) is 0 Å². The first-order chi connectivity index (χ1) is 10.3. The molecule has 1 aliphatic rings. The van der Waals surface area contributed by atoms with E-state index in [2.05, 4.69) is 59.7 Å². The number of furan rings is 1. The second kappa shape index (κ2) is 4.77. The number of benzene rings is 2. The van der Waals surface area contributed by atoms with Crippen LogP contribution in [-0.4, -0.2) is 18.9 Å². The van der Waals surface area contributed by atoms with Crippen molar-refractivity contribution in [1.82, 2.24) is 5.32 Å². The Morgan fingerprint density at radius 2 is 1.81 bits per heavy atom. The summed E-state index contributed by atoms with van der Waals surface area (Å²) in [5.74, 6) is 1.69. The molecule has 1 aliphatic heterocycles. The van der Waals surface area contributed by atoms with Crippen LogP contribution in [0.15, 0.2) is 57.9 Å². The van der Waals surface area contributed by atoms with E-state index in [0.717, 1.165) is 35.7 Å². The van der Waals surface area contributed by atoms with Crippen LogP contribution < -0.4 is 5.32 Å². The molecule has 0 unspecified atom stereocenters. The first-order valence-electron chi connectivity index (χ1n) is 7.19. The van der Waals surface area contributed by atoms with Crippen molar-refractivity contribution in [2.45, 2.75) is 6.92 Å². The van der Waals surface area contributed by atoms with Crippen molar-refractivity contribution in [2.24, 2.45) is 4.99 Å².